The molecule has 6 rings (SSSR count). The van der Waals surface area contributed by atoms with Gasteiger partial charge in [0.1, 0.15) is 17.1 Å². The molecule has 2 fully saturated rings. The number of hydrogen-bond acceptors (Lipinski definition) is 4. The van der Waals surface area contributed by atoms with Gasteiger partial charge in [0, 0.05) is 48.2 Å². The van der Waals surface area contributed by atoms with Crippen molar-refractivity contribution in [3.8, 4) is 5.75 Å². The minimum absolute atomic E-state index is 0.0239. The second-order valence-corrected chi connectivity index (χ2v) is 11.1. The van der Waals surface area contributed by atoms with Crippen LogP contribution in [-0.4, -0.2) is 46.8 Å². The maximum absolute atomic E-state index is 15.9. The zero-order valence-electron chi connectivity index (χ0n) is 21.6. The Morgan fingerprint density at radius 1 is 1.15 bits per heavy atom. The van der Waals surface area contributed by atoms with Crippen molar-refractivity contribution in [2.75, 3.05) is 18.5 Å². The van der Waals surface area contributed by atoms with E-state index in [4.69, 9.17) is 27.9 Å². The van der Waals surface area contributed by atoms with E-state index in [0.717, 1.165) is 11.3 Å². The van der Waals surface area contributed by atoms with E-state index in [1.54, 1.807) is 29.2 Å². The fourth-order valence-corrected chi connectivity index (χ4v) is 7.34. The van der Waals surface area contributed by atoms with Crippen LogP contribution < -0.4 is 10.1 Å². The van der Waals surface area contributed by atoms with Crippen LogP contribution in [0.5, 0.6) is 5.75 Å². The molecule has 2 amide bonds. The van der Waals surface area contributed by atoms with Crippen LogP contribution in [0, 0.1) is 5.82 Å². The summed E-state index contributed by atoms with van der Waals surface area (Å²) >= 11 is 12.6. The molecule has 6 nitrogen and oxygen atoms in total. The molecule has 3 aliphatic heterocycles. The maximum atomic E-state index is 15.9. The minimum Gasteiger partial charge on any atom is -0.494 e. The highest BCUT2D eigenvalue weighted by Gasteiger charge is 2.69. The summed E-state index contributed by atoms with van der Waals surface area (Å²) in [6.07, 6.45) is 0.645. The topological polar surface area (TPSA) is 61.9 Å². The van der Waals surface area contributed by atoms with Gasteiger partial charge in [0.2, 0.25) is 11.8 Å². The van der Waals surface area contributed by atoms with Crippen LogP contribution >= 0.6 is 23.2 Å². The van der Waals surface area contributed by atoms with Crippen molar-refractivity contribution in [2.45, 2.75) is 50.4 Å². The van der Waals surface area contributed by atoms with E-state index in [2.05, 4.69) is 10.2 Å². The van der Waals surface area contributed by atoms with Gasteiger partial charge in [-0.05, 0) is 54.8 Å². The van der Waals surface area contributed by atoms with Crippen molar-refractivity contribution < 1.29 is 18.7 Å². The predicted molar refractivity (Wildman–Crippen MR) is 149 cm³/mol. The SMILES string of the molecule is CCOc1cccc(CN2[C@H]3CCN(C(C)=O)C3[C@H](c3cccc(Cl)c3F)[C@]23C(=O)Nc2cc(Cl)ccc23)c1. The normalized spacial score (nSPS) is 25.6. The van der Waals surface area contributed by atoms with Gasteiger partial charge in [0.05, 0.1) is 17.7 Å². The van der Waals surface area contributed by atoms with Gasteiger partial charge in [-0.25, -0.2) is 4.39 Å². The highest BCUT2D eigenvalue weighted by atomic mass is 35.5. The standard InChI is InChI=1S/C30H28Cl2FN3O3/c1-3-39-20-7-4-6-18(14-20)16-36-25-12-13-35(17(2)37)28(25)26(21-8-5-9-23(32)27(21)33)30(36)22-11-10-19(31)15-24(22)34-29(30)38/h4-11,14-15,25-26,28H,3,12-13,16H2,1-2H3,(H,34,38)/t25-,26-,28?,30+/m0/s1. The first-order valence-electron chi connectivity index (χ1n) is 13.1. The first kappa shape index (κ1) is 26.1. The summed E-state index contributed by atoms with van der Waals surface area (Å²) in [6.45, 7) is 4.89. The Kier molecular flexibility index (Phi) is 6.57. The van der Waals surface area contributed by atoms with E-state index in [1.165, 1.54) is 13.0 Å². The first-order valence-corrected chi connectivity index (χ1v) is 13.8. The number of halogens is 3. The average molecular weight is 568 g/mol. The van der Waals surface area contributed by atoms with Gasteiger partial charge < -0.3 is 15.0 Å². The van der Waals surface area contributed by atoms with E-state index in [1.807, 2.05) is 37.3 Å². The second-order valence-electron chi connectivity index (χ2n) is 10.3. The quantitative estimate of drug-likeness (QED) is 0.412. The number of benzene rings is 3. The molecule has 3 aromatic rings. The molecule has 39 heavy (non-hydrogen) atoms. The van der Waals surface area contributed by atoms with Crippen LogP contribution in [0.25, 0.3) is 0 Å². The Hall–Kier alpha value is -3.13. The lowest BCUT2D eigenvalue weighted by molar-refractivity contribution is -0.132. The molecule has 1 N–H and O–H groups in total. The lowest BCUT2D eigenvalue weighted by atomic mass is 9.73. The van der Waals surface area contributed by atoms with Crippen molar-refractivity contribution in [3.05, 3.63) is 93.2 Å². The molecule has 0 radical (unpaired) electrons. The lowest BCUT2D eigenvalue weighted by Crippen LogP contribution is -2.52. The number of rotatable bonds is 5. The summed E-state index contributed by atoms with van der Waals surface area (Å²) in [7, 11) is 0. The Morgan fingerprint density at radius 2 is 1.95 bits per heavy atom. The number of carbonyl (C=O) groups is 2. The van der Waals surface area contributed by atoms with Gasteiger partial charge in [0.25, 0.3) is 0 Å². The molecule has 0 aliphatic carbocycles. The molecule has 1 spiro atoms. The summed E-state index contributed by atoms with van der Waals surface area (Å²) in [5, 5.41) is 3.50. The first-order chi connectivity index (χ1) is 18.8. The van der Waals surface area contributed by atoms with E-state index < -0.39 is 23.3 Å². The molecule has 0 aromatic heterocycles. The van der Waals surface area contributed by atoms with Crippen molar-refractivity contribution in [1.29, 1.82) is 0 Å². The van der Waals surface area contributed by atoms with E-state index in [9.17, 15) is 9.59 Å². The van der Waals surface area contributed by atoms with Crippen LogP contribution in [0.4, 0.5) is 10.1 Å². The summed E-state index contributed by atoms with van der Waals surface area (Å²) in [4.78, 5) is 31.2. The van der Waals surface area contributed by atoms with Crippen molar-refractivity contribution in [1.82, 2.24) is 9.80 Å². The number of nitrogens with one attached hydrogen (secondary N) is 1. The van der Waals surface area contributed by atoms with Crippen LogP contribution in [0.15, 0.2) is 60.7 Å². The number of anilines is 1. The fourth-order valence-electron chi connectivity index (χ4n) is 6.99. The summed E-state index contributed by atoms with van der Waals surface area (Å²) in [6, 6.07) is 17.3. The highest BCUT2D eigenvalue weighted by Crippen LogP contribution is 2.61. The largest absolute Gasteiger partial charge is 0.494 e. The van der Waals surface area contributed by atoms with Gasteiger partial charge in [0.15, 0.2) is 0 Å². The van der Waals surface area contributed by atoms with Crippen molar-refractivity contribution in [3.63, 3.8) is 0 Å². The number of nitrogens with zero attached hydrogens (tertiary/aromatic N) is 2. The van der Waals surface area contributed by atoms with Gasteiger partial charge in [-0.15, -0.1) is 0 Å². The number of ether oxygens (including phenoxy) is 1. The molecular weight excluding hydrogens is 540 g/mol. The third kappa shape index (κ3) is 3.93. The number of hydrogen-bond donors (Lipinski definition) is 1. The molecule has 1 unspecified atom stereocenters. The summed E-state index contributed by atoms with van der Waals surface area (Å²) in [5.74, 6) is -0.946. The molecule has 4 atom stereocenters. The maximum Gasteiger partial charge on any atom is 0.250 e. The van der Waals surface area contributed by atoms with Crippen LogP contribution in [0.1, 0.15) is 42.9 Å². The van der Waals surface area contributed by atoms with Crippen molar-refractivity contribution in [2.24, 2.45) is 0 Å². The molecule has 3 aromatic carbocycles. The van der Waals surface area contributed by atoms with Gasteiger partial charge in [-0.2, -0.15) is 0 Å². The average Bonchev–Trinajstić information content (AvgIpc) is 3.53. The zero-order valence-corrected chi connectivity index (χ0v) is 23.1. The van der Waals surface area contributed by atoms with Crippen LogP contribution in [0.3, 0.4) is 0 Å². The number of fused-ring (bicyclic) bond motifs is 3. The molecule has 202 valence electrons. The third-order valence-electron chi connectivity index (χ3n) is 8.33. The fraction of sp³-hybridized carbons (Fsp3) is 0.333. The molecular formula is C30H28Cl2FN3O3. The Morgan fingerprint density at radius 3 is 2.72 bits per heavy atom. The Bertz CT molecular complexity index is 1480. The highest BCUT2D eigenvalue weighted by molar-refractivity contribution is 6.31. The third-order valence-corrected chi connectivity index (χ3v) is 8.86. The van der Waals surface area contributed by atoms with Gasteiger partial charge in [-0.3, -0.25) is 14.5 Å². The summed E-state index contributed by atoms with van der Waals surface area (Å²) in [5.41, 5.74) is 1.25. The van der Waals surface area contributed by atoms with Crippen LogP contribution in [0.2, 0.25) is 10.0 Å². The predicted octanol–water partition coefficient (Wildman–Crippen LogP) is 5.97. The molecule has 0 saturated carbocycles. The Labute approximate surface area is 236 Å². The Balaban J connectivity index is 1.61. The molecule has 3 aliphatic rings. The van der Waals surface area contributed by atoms with Gasteiger partial charge in [-0.1, -0.05) is 53.5 Å². The van der Waals surface area contributed by atoms with E-state index >= 15 is 4.39 Å². The number of carbonyl (C=O) groups excluding carboxylic acids is 2. The molecule has 0 bridgehead atoms. The molecule has 9 heteroatoms. The molecule has 3 heterocycles. The van der Waals surface area contributed by atoms with Gasteiger partial charge >= 0.3 is 0 Å². The minimum atomic E-state index is -1.31. The van der Waals surface area contributed by atoms with Crippen molar-refractivity contribution >= 4 is 40.7 Å². The van der Waals surface area contributed by atoms with Crippen LogP contribution in [-0.2, 0) is 21.7 Å². The number of amides is 2. The van der Waals surface area contributed by atoms with E-state index in [0.29, 0.717) is 48.0 Å². The van der Waals surface area contributed by atoms with E-state index in [-0.39, 0.29) is 22.9 Å². The number of likely N-dealkylation sites (tertiary alicyclic amines) is 2. The zero-order chi connectivity index (χ0) is 27.5. The lowest BCUT2D eigenvalue weighted by Gasteiger charge is -2.40. The molecule has 2 saturated heterocycles. The summed E-state index contributed by atoms with van der Waals surface area (Å²) < 4.78 is 21.7. The second kappa shape index (κ2) is 9.81. The smallest absolute Gasteiger partial charge is 0.250 e. The monoisotopic (exact) mass is 567 g/mol.